The van der Waals surface area contributed by atoms with E-state index in [1.165, 1.54) is 7.11 Å². The molecule has 0 fully saturated rings. The molecule has 0 bridgehead atoms. The number of methoxy groups -OCH3 is 1. The summed E-state index contributed by atoms with van der Waals surface area (Å²) in [5.74, 6) is 1.84. The molecule has 2 amide bonds. The van der Waals surface area contributed by atoms with Crippen molar-refractivity contribution in [2.45, 2.75) is 19.6 Å². The minimum atomic E-state index is -0.538. The fraction of sp³-hybridized carbons (Fsp3) is 0.200. The van der Waals surface area contributed by atoms with Crippen LogP contribution < -0.4 is 10.6 Å². The third-order valence-electron chi connectivity index (χ3n) is 6.66. The standard InChI is InChI=1S/C14H14Cl2N2O.C12H13NO2S.C9H9N3O2/c1-2-7-19-14(9-18-6-5-17-10-18)12-4-3-11(15)8-13(12)16;1-9-11(16-8-7-15-9)12(14)13-10-5-3-2-4-6-10;1-14-9(13)12-8-10-6-4-2-3-5-7(6)11-8/h2-6,8,10,14H,1,7,9H2;2-6H,7-8H2,1H3,(H,13,14);2-5H,1H3,(H2,10,11,12,13). The lowest BCUT2D eigenvalue weighted by Gasteiger charge is -2.19. The quantitative estimate of drug-likeness (QED) is 0.129. The molecule has 0 saturated carbocycles. The second-order valence-corrected chi connectivity index (χ2v) is 12.1. The first-order valence-corrected chi connectivity index (χ1v) is 16.8. The zero-order chi connectivity index (χ0) is 35.0. The van der Waals surface area contributed by atoms with Gasteiger partial charge in [-0.25, -0.2) is 14.8 Å². The van der Waals surface area contributed by atoms with Gasteiger partial charge in [0, 0.05) is 39.4 Å². The first-order valence-electron chi connectivity index (χ1n) is 15.0. The number of hydrogen-bond acceptors (Lipinski definition) is 8. The highest BCUT2D eigenvalue weighted by molar-refractivity contribution is 8.04. The van der Waals surface area contributed by atoms with Gasteiger partial charge in [0.1, 0.15) is 16.8 Å². The van der Waals surface area contributed by atoms with Crippen molar-refractivity contribution in [3.05, 3.63) is 130 Å². The zero-order valence-electron chi connectivity index (χ0n) is 26.9. The Morgan fingerprint density at radius 3 is 2.57 bits per heavy atom. The van der Waals surface area contributed by atoms with Crippen LogP contribution in [0.3, 0.4) is 0 Å². The molecule has 3 N–H and O–H groups in total. The molecule has 14 heteroatoms. The van der Waals surface area contributed by atoms with Crippen LogP contribution in [0.25, 0.3) is 11.0 Å². The lowest BCUT2D eigenvalue weighted by Crippen LogP contribution is -2.18. The van der Waals surface area contributed by atoms with Crippen LogP contribution in [0.1, 0.15) is 18.6 Å². The number of nitrogens with zero attached hydrogens (tertiary/aromatic N) is 3. The maximum Gasteiger partial charge on any atom is 0.413 e. The summed E-state index contributed by atoms with van der Waals surface area (Å²) in [6.45, 7) is 7.26. The summed E-state index contributed by atoms with van der Waals surface area (Å²) in [4.78, 5) is 34.5. The second-order valence-electron chi connectivity index (χ2n) is 10.2. The topological polar surface area (TPSA) is 132 Å². The number of allylic oxidation sites excluding steroid dienone is 1. The first kappa shape index (κ1) is 37.1. The number of halogens is 2. The van der Waals surface area contributed by atoms with Gasteiger partial charge in [0.05, 0.1) is 44.2 Å². The van der Waals surface area contributed by atoms with Crippen LogP contribution in [0.5, 0.6) is 0 Å². The summed E-state index contributed by atoms with van der Waals surface area (Å²) in [5.41, 5.74) is 3.39. The van der Waals surface area contributed by atoms with Crippen molar-refractivity contribution in [3.8, 4) is 0 Å². The number of imidazole rings is 2. The molecule has 1 unspecified atom stereocenters. The van der Waals surface area contributed by atoms with Crippen molar-refractivity contribution in [2.75, 3.05) is 36.7 Å². The van der Waals surface area contributed by atoms with Gasteiger partial charge in [-0.05, 0) is 43.3 Å². The number of fused-ring (bicyclic) bond motifs is 1. The molecule has 1 atom stereocenters. The van der Waals surface area contributed by atoms with Crippen LogP contribution in [0.4, 0.5) is 16.4 Å². The molecule has 0 radical (unpaired) electrons. The fourth-order valence-corrected chi connectivity index (χ4v) is 5.72. The van der Waals surface area contributed by atoms with Crippen molar-refractivity contribution < 1.29 is 23.8 Å². The number of thioether (sulfide) groups is 1. The number of carbonyl (C=O) groups is 2. The first-order chi connectivity index (χ1) is 23.8. The van der Waals surface area contributed by atoms with E-state index in [0.29, 0.717) is 46.4 Å². The molecular weight excluding hydrogens is 687 g/mol. The number of para-hydroxylation sites is 3. The molecule has 0 saturated heterocycles. The third-order valence-corrected chi connectivity index (χ3v) is 8.36. The van der Waals surface area contributed by atoms with Gasteiger partial charge in [-0.1, -0.05) is 65.7 Å². The average Bonchev–Trinajstić information content (AvgIpc) is 3.77. The molecule has 0 spiro atoms. The van der Waals surface area contributed by atoms with Gasteiger partial charge < -0.3 is 29.1 Å². The molecule has 2 aromatic heterocycles. The summed E-state index contributed by atoms with van der Waals surface area (Å²) in [7, 11) is 1.30. The summed E-state index contributed by atoms with van der Waals surface area (Å²) in [6, 6.07) is 22.3. The van der Waals surface area contributed by atoms with Gasteiger partial charge in [0.25, 0.3) is 5.91 Å². The van der Waals surface area contributed by atoms with E-state index >= 15 is 0 Å². The fourth-order valence-electron chi connectivity index (χ4n) is 4.37. The monoisotopic (exact) mass is 722 g/mol. The van der Waals surface area contributed by atoms with Crippen molar-refractivity contribution in [1.82, 2.24) is 19.5 Å². The number of nitrogens with one attached hydrogen (secondary N) is 3. The van der Waals surface area contributed by atoms with Crippen molar-refractivity contribution in [2.24, 2.45) is 0 Å². The number of amides is 2. The smallest absolute Gasteiger partial charge is 0.413 e. The average molecular weight is 724 g/mol. The summed E-state index contributed by atoms with van der Waals surface area (Å²) < 4.78 is 17.5. The number of aromatic amines is 1. The van der Waals surface area contributed by atoms with E-state index in [-0.39, 0.29) is 12.0 Å². The van der Waals surface area contributed by atoms with E-state index < -0.39 is 6.09 Å². The highest BCUT2D eigenvalue weighted by Crippen LogP contribution is 2.30. The molecule has 5 aromatic rings. The summed E-state index contributed by atoms with van der Waals surface area (Å²) >= 11 is 13.7. The Morgan fingerprint density at radius 1 is 1.12 bits per heavy atom. The Bertz CT molecular complexity index is 1820. The Hall–Kier alpha value is -4.75. The van der Waals surface area contributed by atoms with Gasteiger partial charge in [-0.2, -0.15) is 0 Å². The second kappa shape index (κ2) is 19.3. The molecule has 1 aliphatic rings. The van der Waals surface area contributed by atoms with Crippen LogP contribution in [0.15, 0.2) is 115 Å². The Labute approximate surface area is 298 Å². The van der Waals surface area contributed by atoms with Crippen LogP contribution in [-0.2, 0) is 25.5 Å². The molecule has 11 nitrogen and oxygen atoms in total. The van der Waals surface area contributed by atoms with Gasteiger partial charge >= 0.3 is 6.09 Å². The van der Waals surface area contributed by atoms with Crippen molar-refractivity contribution >= 4 is 69.6 Å². The van der Waals surface area contributed by atoms with Crippen LogP contribution in [0, 0.1) is 0 Å². The third kappa shape index (κ3) is 11.7. The van der Waals surface area contributed by atoms with E-state index in [1.807, 2.05) is 78.4 Å². The van der Waals surface area contributed by atoms with E-state index in [9.17, 15) is 9.59 Å². The highest BCUT2D eigenvalue weighted by atomic mass is 35.5. The maximum absolute atomic E-state index is 11.9. The van der Waals surface area contributed by atoms with Crippen LogP contribution in [-0.4, -0.2) is 57.6 Å². The molecule has 3 heterocycles. The highest BCUT2D eigenvalue weighted by Gasteiger charge is 2.19. The van der Waals surface area contributed by atoms with E-state index in [0.717, 1.165) is 28.0 Å². The Morgan fingerprint density at radius 2 is 1.90 bits per heavy atom. The Kier molecular flexibility index (Phi) is 14.6. The number of anilines is 2. The molecule has 49 heavy (non-hydrogen) atoms. The largest absolute Gasteiger partial charge is 0.496 e. The van der Waals surface area contributed by atoms with E-state index in [1.54, 1.807) is 42.5 Å². The molecule has 0 aliphatic carbocycles. The molecule has 1 aliphatic heterocycles. The number of benzene rings is 3. The number of rotatable bonds is 9. The molecule has 6 rings (SSSR count). The molecular formula is C35H36Cl2N6O5S. The van der Waals surface area contributed by atoms with E-state index in [2.05, 4.69) is 36.9 Å². The Balaban J connectivity index is 0.000000167. The maximum atomic E-state index is 11.9. The summed E-state index contributed by atoms with van der Waals surface area (Å²) in [5, 5.41) is 6.51. The lowest BCUT2D eigenvalue weighted by molar-refractivity contribution is -0.112. The number of ether oxygens (including phenoxy) is 3. The minimum absolute atomic E-state index is 0.0894. The SMILES string of the molecule is C=CCOC(Cn1ccnc1)c1ccc(Cl)cc1Cl.CC1=C(C(=O)Nc2ccccc2)SCCO1.COC(=O)Nc1nc2ccccc2[nH]1. The number of carbonyl (C=O) groups excluding carboxylic acids is 2. The lowest BCUT2D eigenvalue weighted by atomic mass is 10.1. The zero-order valence-corrected chi connectivity index (χ0v) is 29.2. The predicted molar refractivity (Wildman–Crippen MR) is 196 cm³/mol. The van der Waals surface area contributed by atoms with Crippen molar-refractivity contribution in [1.29, 1.82) is 0 Å². The van der Waals surface area contributed by atoms with Crippen LogP contribution >= 0.6 is 35.0 Å². The van der Waals surface area contributed by atoms with E-state index in [4.69, 9.17) is 32.7 Å². The van der Waals surface area contributed by atoms with Gasteiger partial charge in [-0.15, -0.1) is 18.3 Å². The minimum Gasteiger partial charge on any atom is -0.496 e. The molecule has 256 valence electrons. The van der Waals surface area contributed by atoms with Gasteiger partial charge in [0.15, 0.2) is 0 Å². The summed E-state index contributed by atoms with van der Waals surface area (Å²) in [6.07, 6.45) is 6.36. The normalized spacial score (nSPS) is 12.7. The number of hydrogen-bond donors (Lipinski definition) is 3. The van der Waals surface area contributed by atoms with Crippen LogP contribution in [0.2, 0.25) is 10.0 Å². The number of aromatic nitrogens is 4. The van der Waals surface area contributed by atoms with Gasteiger partial charge in [0.2, 0.25) is 5.95 Å². The number of H-pyrrole nitrogens is 1. The predicted octanol–water partition coefficient (Wildman–Crippen LogP) is 8.50. The van der Waals surface area contributed by atoms with Crippen molar-refractivity contribution in [3.63, 3.8) is 0 Å². The molecule has 3 aromatic carbocycles. The van der Waals surface area contributed by atoms with Gasteiger partial charge in [-0.3, -0.25) is 10.1 Å².